The predicted molar refractivity (Wildman–Crippen MR) is 156 cm³/mol. The topological polar surface area (TPSA) is 320 Å². The number of azo groups is 2. The number of nitrogens with two attached hydrogens (primary N) is 4. The van der Waals surface area contributed by atoms with Crippen LogP contribution in [0.2, 0.25) is 0 Å². The molecule has 0 unspecified atom stereocenters. The van der Waals surface area contributed by atoms with Crippen LogP contribution in [-0.2, 0) is 10.4 Å². The van der Waals surface area contributed by atoms with Gasteiger partial charge in [-0.25, -0.2) is 0 Å². The van der Waals surface area contributed by atoms with Crippen molar-refractivity contribution in [1.29, 1.82) is 0 Å². The van der Waals surface area contributed by atoms with E-state index in [9.17, 15) is 20.2 Å². The molecule has 0 bridgehead atoms. The van der Waals surface area contributed by atoms with E-state index in [-0.39, 0.29) is 70.5 Å². The molecule has 0 radical (unpaired) electrons. The summed E-state index contributed by atoms with van der Waals surface area (Å²) in [7, 11) is -5.17. The second-order valence-electron chi connectivity index (χ2n) is 7.99. The Balaban J connectivity index is 0.000000721. The molecule has 0 aromatic heterocycles. The fourth-order valence-corrected chi connectivity index (χ4v) is 2.83. The number of rotatable bonds is 6. The van der Waals surface area contributed by atoms with Crippen molar-refractivity contribution in [2.45, 2.75) is 0 Å². The van der Waals surface area contributed by atoms with Crippen molar-refractivity contribution in [3.63, 3.8) is 0 Å². The van der Waals surface area contributed by atoms with Gasteiger partial charge < -0.3 is 32.0 Å². The Hall–Kier alpha value is -4.05. The Bertz CT molecular complexity index is 1640. The summed E-state index contributed by atoms with van der Waals surface area (Å²) in [6, 6.07) is 21.3. The monoisotopic (exact) mass is 656 g/mol. The van der Waals surface area contributed by atoms with Crippen LogP contribution < -0.4 is 82.0 Å². The standard InChI is InChI=1S/2C12H11N5O2.2Na.H2O4S/c2*13-8-1-6-12(11(14)7-8)16-15-9-2-4-10(5-3-9)17(18)19;;;1-5(2,3)4/h2*1-7H,13-14H2;;;(H2,1,2,3,4)/q;;2*+1;/p-2. The molecule has 0 saturated heterocycles. The zero-order valence-electron chi connectivity index (χ0n) is 23.7. The summed E-state index contributed by atoms with van der Waals surface area (Å²) in [6.45, 7) is 0. The SMILES string of the molecule is Nc1ccc(N=Nc2ccc([N+](=O)[O-])cc2)c(N)c1.Nc1ccc(N=Nc2ccc([N+](=O)[O-])cc2)c(N)c1.O=S(=O)([O-])[O-].[Na+].[Na+]. The molecule has 8 N–H and O–H groups in total. The fraction of sp³-hybridized carbons (Fsp3) is 0. The van der Waals surface area contributed by atoms with Gasteiger partial charge in [0.2, 0.25) is 0 Å². The second-order valence-corrected chi connectivity index (χ2v) is 8.81. The predicted octanol–water partition coefficient (Wildman–Crippen LogP) is -0.981. The molecule has 0 spiro atoms. The summed E-state index contributed by atoms with van der Waals surface area (Å²) in [6.07, 6.45) is 0. The number of benzene rings is 4. The largest absolute Gasteiger partial charge is 1.00 e. The molecular weight excluding hydrogens is 634 g/mol. The number of nitrogens with zero attached hydrogens (tertiary/aromatic N) is 6. The van der Waals surface area contributed by atoms with E-state index in [0.717, 1.165) is 0 Å². The Kier molecular flexibility index (Phi) is 17.6. The van der Waals surface area contributed by atoms with Crippen molar-refractivity contribution in [1.82, 2.24) is 0 Å². The minimum Gasteiger partial charge on any atom is -0.759 e. The third-order valence-corrected chi connectivity index (χ3v) is 4.77. The molecule has 0 aliphatic heterocycles. The molecule has 4 aromatic rings. The number of non-ortho nitro benzene ring substituents is 2. The fourth-order valence-electron chi connectivity index (χ4n) is 2.83. The van der Waals surface area contributed by atoms with Crippen molar-refractivity contribution >= 4 is 67.3 Å². The van der Waals surface area contributed by atoms with Crippen molar-refractivity contribution in [2.24, 2.45) is 20.5 Å². The van der Waals surface area contributed by atoms with E-state index in [1.165, 1.54) is 48.5 Å². The van der Waals surface area contributed by atoms with Crippen molar-refractivity contribution in [2.75, 3.05) is 22.9 Å². The molecule has 0 amide bonds. The quantitative estimate of drug-likeness (QED) is 0.0370. The van der Waals surface area contributed by atoms with Gasteiger partial charge >= 0.3 is 59.1 Å². The maximum absolute atomic E-state index is 10.5. The second kappa shape index (κ2) is 19.4. The number of anilines is 4. The van der Waals surface area contributed by atoms with Gasteiger partial charge in [0.05, 0.1) is 32.6 Å². The molecule has 0 fully saturated rings. The van der Waals surface area contributed by atoms with Crippen molar-refractivity contribution < 1.29 is 86.5 Å². The van der Waals surface area contributed by atoms with E-state index in [2.05, 4.69) is 20.5 Å². The molecule has 0 aliphatic carbocycles. The van der Waals surface area contributed by atoms with Gasteiger partial charge in [-0.1, -0.05) is 0 Å². The molecule has 45 heavy (non-hydrogen) atoms. The molecule has 4 rings (SSSR count). The van der Waals surface area contributed by atoms with E-state index in [0.29, 0.717) is 45.5 Å². The van der Waals surface area contributed by atoms with E-state index in [1.807, 2.05) is 0 Å². The molecule has 224 valence electrons. The molecular formula is C24H22N10Na2O8S. The first-order valence-electron chi connectivity index (χ1n) is 11.4. The van der Waals surface area contributed by atoms with E-state index in [4.69, 9.17) is 40.5 Å². The van der Waals surface area contributed by atoms with Crippen LogP contribution in [0.5, 0.6) is 0 Å². The zero-order chi connectivity index (χ0) is 32.2. The normalized spacial score (nSPS) is 10.4. The maximum atomic E-state index is 10.5. The number of nitrogen functional groups attached to an aromatic ring is 4. The molecule has 4 aromatic carbocycles. The van der Waals surface area contributed by atoms with Gasteiger partial charge in [0.1, 0.15) is 11.4 Å². The Morgan fingerprint density at radius 3 is 1.07 bits per heavy atom. The first-order valence-corrected chi connectivity index (χ1v) is 12.7. The number of nitro benzene ring substituents is 2. The summed E-state index contributed by atoms with van der Waals surface area (Å²) in [5.41, 5.74) is 26.5. The van der Waals surface area contributed by atoms with E-state index in [1.54, 1.807) is 36.4 Å². The Labute approximate surface area is 300 Å². The van der Waals surface area contributed by atoms with Crippen LogP contribution in [-0.4, -0.2) is 27.4 Å². The first kappa shape index (κ1) is 41.0. The third-order valence-electron chi connectivity index (χ3n) is 4.77. The summed E-state index contributed by atoms with van der Waals surface area (Å²) in [5.74, 6) is 0. The van der Waals surface area contributed by atoms with Crippen LogP contribution in [0.3, 0.4) is 0 Å². The molecule has 21 heteroatoms. The molecule has 0 saturated carbocycles. The summed E-state index contributed by atoms with van der Waals surface area (Å²) in [4.78, 5) is 20.0. The van der Waals surface area contributed by atoms with Gasteiger partial charge in [0.15, 0.2) is 0 Å². The van der Waals surface area contributed by atoms with Gasteiger partial charge in [0.25, 0.3) is 11.4 Å². The molecule has 0 heterocycles. The van der Waals surface area contributed by atoms with Crippen molar-refractivity contribution in [3.05, 3.63) is 105 Å². The summed E-state index contributed by atoms with van der Waals surface area (Å²) >= 11 is 0. The first-order chi connectivity index (χ1) is 20.1. The van der Waals surface area contributed by atoms with Gasteiger partial charge in [-0.3, -0.25) is 28.6 Å². The number of nitro groups is 2. The Morgan fingerprint density at radius 2 is 0.822 bits per heavy atom. The molecule has 18 nitrogen and oxygen atoms in total. The average molecular weight is 657 g/mol. The smallest absolute Gasteiger partial charge is 0.759 e. The van der Waals surface area contributed by atoms with Crippen LogP contribution in [0.1, 0.15) is 0 Å². The molecule has 0 aliphatic rings. The molecule has 0 atom stereocenters. The van der Waals surface area contributed by atoms with Gasteiger partial charge in [-0.15, -0.1) is 10.2 Å². The summed E-state index contributed by atoms with van der Waals surface area (Å²) in [5, 5.41) is 36.8. The average Bonchev–Trinajstić information content (AvgIpc) is 2.92. The third kappa shape index (κ3) is 16.0. The van der Waals surface area contributed by atoms with Crippen LogP contribution in [0.25, 0.3) is 0 Å². The van der Waals surface area contributed by atoms with Crippen LogP contribution in [0.15, 0.2) is 105 Å². The van der Waals surface area contributed by atoms with Gasteiger partial charge in [0, 0.05) is 46.0 Å². The zero-order valence-corrected chi connectivity index (χ0v) is 28.6. The van der Waals surface area contributed by atoms with Crippen LogP contribution >= 0.6 is 0 Å². The van der Waals surface area contributed by atoms with Crippen LogP contribution in [0, 0.1) is 20.2 Å². The summed E-state index contributed by atoms with van der Waals surface area (Å²) < 4.78 is 34.1. The Morgan fingerprint density at radius 1 is 0.533 bits per heavy atom. The van der Waals surface area contributed by atoms with E-state index < -0.39 is 20.2 Å². The van der Waals surface area contributed by atoms with Gasteiger partial charge in [-0.2, -0.15) is 10.2 Å². The number of hydrogen-bond acceptors (Lipinski definition) is 16. The van der Waals surface area contributed by atoms with Crippen molar-refractivity contribution in [3.8, 4) is 0 Å². The van der Waals surface area contributed by atoms with Crippen LogP contribution in [0.4, 0.5) is 56.9 Å². The minimum absolute atomic E-state index is 0. The van der Waals surface area contributed by atoms with E-state index >= 15 is 0 Å². The maximum Gasteiger partial charge on any atom is 1.00 e. The number of hydrogen-bond donors (Lipinski definition) is 4. The van der Waals surface area contributed by atoms with Gasteiger partial charge in [-0.05, 0) is 60.7 Å². The minimum atomic E-state index is -5.17.